The zero-order valence-electron chi connectivity index (χ0n) is 10.2. The predicted octanol–water partition coefficient (Wildman–Crippen LogP) is -2.97. The second-order valence-electron chi connectivity index (χ2n) is 3.72. The smallest absolute Gasteiger partial charge is 0.263 e. The van der Waals surface area contributed by atoms with Crippen LogP contribution in [0.1, 0.15) is 0 Å². The fourth-order valence-electron chi connectivity index (χ4n) is 1.50. The van der Waals surface area contributed by atoms with Gasteiger partial charge in [-0.25, -0.2) is 0 Å². The summed E-state index contributed by atoms with van der Waals surface area (Å²) in [5.74, 6) is -0.213. The van der Waals surface area contributed by atoms with Gasteiger partial charge in [0.05, 0.1) is 12.8 Å². The van der Waals surface area contributed by atoms with Crippen LogP contribution in [0.25, 0.3) is 0 Å². The van der Waals surface area contributed by atoms with E-state index >= 15 is 0 Å². The van der Waals surface area contributed by atoms with Gasteiger partial charge in [-0.05, 0) is 5.16 Å². The third-order valence-electron chi connectivity index (χ3n) is 2.53. The quantitative estimate of drug-likeness (QED) is 0.125. The molecule has 1 fully saturated rings. The van der Waals surface area contributed by atoms with Crippen LogP contribution in [0.2, 0.25) is 0 Å². The molecule has 10 heteroatoms. The van der Waals surface area contributed by atoms with Crippen LogP contribution in [0, 0.1) is 5.41 Å². The molecule has 4 atom stereocenters. The van der Waals surface area contributed by atoms with E-state index in [9.17, 15) is 10.2 Å². The highest BCUT2D eigenvalue weighted by atomic mass is 16.6. The summed E-state index contributed by atoms with van der Waals surface area (Å²) in [5, 5.41) is 51.7. The van der Waals surface area contributed by atoms with Gasteiger partial charge in [-0.2, -0.15) is 4.99 Å². The summed E-state index contributed by atoms with van der Waals surface area (Å²) < 4.78 is 5.12. The highest BCUT2D eigenvalue weighted by molar-refractivity contribution is 6.30. The first-order valence-electron chi connectivity index (χ1n) is 5.45. The summed E-state index contributed by atoms with van der Waals surface area (Å²) in [7, 11) is 1.52. The Morgan fingerprint density at radius 1 is 1.42 bits per heavy atom. The lowest BCUT2D eigenvalue weighted by Gasteiger charge is -2.16. The standard InChI is InChI=1S/C9H17N5O5/c1-11-5(2-10)12-9(14-18)13-8-7(17)6(16)4(3-15)19-8/h2,4,6-8,10,15-18H,3H2,1H3,(H2,11,12,13,14)/t4-,6-,7-,8-/m1/s1. The molecule has 0 aromatic heterocycles. The number of nitrogens with zero attached hydrogens (tertiary/aromatic N) is 2. The molecule has 10 nitrogen and oxygen atoms in total. The van der Waals surface area contributed by atoms with Crippen LogP contribution in [0.4, 0.5) is 0 Å². The molecule has 0 amide bonds. The maximum Gasteiger partial charge on any atom is 0.263 e. The first-order chi connectivity index (χ1) is 9.07. The van der Waals surface area contributed by atoms with Crippen molar-refractivity contribution in [1.82, 2.24) is 10.6 Å². The Morgan fingerprint density at radius 2 is 2.11 bits per heavy atom. The molecular weight excluding hydrogens is 258 g/mol. The summed E-state index contributed by atoms with van der Waals surface area (Å²) in [6.45, 7) is -0.465. The van der Waals surface area contributed by atoms with Crippen LogP contribution in [-0.2, 0) is 4.74 Å². The number of nitrogens with one attached hydrogen (secondary N) is 3. The Morgan fingerprint density at radius 3 is 2.53 bits per heavy atom. The molecule has 1 aliphatic heterocycles. The van der Waals surface area contributed by atoms with Crippen molar-refractivity contribution in [2.24, 2.45) is 10.1 Å². The Hall–Kier alpha value is -1.75. The van der Waals surface area contributed by atoms with Crippen LogP contribution in [0.5, 0.6) is 0 Å². The molecule has 108 valence electrons. The molecule has 0 aromatic carbocycles. The summed E-state index contributed by atoms with van der Waals surface area (Å²) in [4.78, 5) is 3.72. The molecule has 0 aromatic rings. The summed E-state index contributed by atoms with van der Waals surface area (Å²) in [6.07, 6.45) is -3.72. The van der Waals surface area contributed by atoms with Crippen molar-refractivity contribution in [2.75, 3.05) is 13.7 Å². The van der Waals surface area contributed by atoms with Gasteiger partial charge in [-0.1, -0.05) is 0 Å². The van der Waals surface area contributed by atoms with Crippen molar-refractivity contribution < 1.29 is 25.3 Å². The fourth-order valence-corrected chi connectivity index (χ4v) is 1.50. The largest absolute Gasteiger partial charge is 0.408 e. The SMILES string of the molecule is CN/C(C=N)=N/C(=N\O)N[C@@H]1O[C@H](CO)[C@@H](O)[C@H]1O. The maximum atomic E-state index is 9.66. The number of aliphatic imine (C=N–C) groups is 1. The second kappa shape index (κ2) is 6.99. The van der Waals surface area contributed by atoms with Gasteiger partial charge in [0, 0.05) is 7.05 Å². The average Bonchev–Trinajstić information content (AvgIpc) is 2.70. The molecule has 7 N–H and O–H groups in total. The van der Waals surface area contributed by atoms with E-state index in [0.29, 0.717) is 0 Å². The molecule has 0 unspecified atom stereocenters. The maximum absolute atomic E-state index is 9.66. The molecule has 19 heavy (non-hydrogen) atoms. The van der Waals surface area contributed by atoms with Gasteiger partial charge in [-0.3, -0.25) is 0 Å². The van der Waals surface area contributed by atoms with E-state index in [1.165, 1.54) is 7.05 Å². The van der Waals surface area contributed by atoms with Crippen molar-refractivity contribution in [3.05, 3.63) is 0 Å². The van der Waals surface area contributed by atoms with Gasteiger partial charge in [0.25, 0.3) is 5.96 Å². The molecular formula is C9H17N5O5. The third-order valence-corrected chi connectivity index (χ3v) is 2.53. The molecule has 1 rings (SSSR count). The van der Waals surface area contributed by atoms with E-state index in [1.54, 1.807) is 0 Å². The monoisotopic (exact) mass is 275 g/mol. The molecule has 0 radical (unpaired) electrons. The molecule has 1 aliphatic rings. The number of aliphatic hydroxyl groups is 3. The topological polar surface area (TPSA) is 163 Å². The summed E-state index contributed by atoms with van der Waals surface area (Å²) >= 11 is 0. The van der Waals surface area contributed by atoms with E-state index in [1.807, 2.05) is 0 Å². The van der Waals surface area contributed by atoms with Crippen molar-refractivity contribution in [3.8, 4) is 0 Å². The highest BCUT2D eigenvalue weighted by Crippen LogP contribution is 2.19. The molecule has 0 spiro atoms. The van der Waals surface area contributed by atoms with Crippen LogP contribution in [-0.4, -0.2) is 76.7 Å². The number of amidine groups is 1. The Balaban J connectivity index is 2.73. The number of hydrogen-bond donors (Lipinski definition) is 7. The first-order valence-corrected chi connectivity index (χ1v) is 5.45. The lowest BCUT2D eigenvalue weighted by molar-refractivity contribution is -0.0265. The van der Waals surface area contributed by atoms with Crippen molar-refractivity contribution in [1.29, 1.82) is 5.41 Å². The minimum atomic E-state index is -1.32. The highest BCUT2D eigenvalue weighted by Gasteiger charge is 2.42. The zero-order chi connectivity index (χ0) is 14.4. The van der Waals surface area contributed by atoms with Crippen molar-refractivity contribution >= 4 is 18.0 Å². The van der Waals surface area contributed by atoms with E-state index < -0.39 is 31.1 Å². The van der Waals surface area contributed by atoms with Crippen LogP contribution < -0.4 is 10.6 Å². The number of oxime groups is 1. The van der Waals surface area contributed by atoms with Gasteiger partial charge < -0.3 is 41.3 Å². The number of rotatable bonds is 3. The first kappa shape index (κ1) is 15.3. The lowest BCUT2D eigenvalue weighted by Crippen LogP contribution is -2.44. The number of guanidine groups is 1. The molecule has 0 aliphatic carbocycles. The lowest BCUT2D eigenvalue weighted by atomic mass is 10.1. The Kier molecular flexibility index (Phi) is 5.63. The molecule has 0 saturated carbocycles. The predicted molar refractivity (Wildman–Crippen MR) is 65.4 cm³/mol. The molecule has 1 heterocycles. The van der Waals surface area contributed by atoms with Gasteiger partial charge in [0.1, 0.15) is 24.1 Å². The van der Waals surface area contributed by atoms with Crippen LogP contribution in [0.15, 0.2) is 10.1 Å². The second-order valence-corrected chi connectivity index (χ2v) is 3.72. The zero-order valence-corrected chi connectivity index (χ0v) is 10.2. The molecule has 0 bridgehead atoms. The molecule has 1 saturated heterocycles. The van der Waals surface area contributed by atoms with Gasteiger partial charge in [0.15, 0.2) is 6.23 Å². The minimum Gasteiger partial charge on any atom is -0.408 e. The number of ether oxygens (including phenoxy) is 1. The Labute approximate surface area is 108 Å². The average molecular weight is 275 g/mol. The summed E-state index contributed by atoms with van der Waals surface area (Å²) in [5.41, 5.74) is 0. The van der Waals surface area contributed by atoms with Crippen LogP contribution >= 0.6 is 0 Å². The minimum absolute atomic E-state index is 0.104. The van der Waals surface area contributed by atoms with E-state index in [0.717, 1.165) is 6.21 Å². The van der Waals surface area contributed by atoms with E-state index in [2.05, 4.69) is 20.8 Å². The third kappa shape index (κ3) is 3.61. The number of hydrogen-bond acceptors (Lipinski definition) is 7. The van der Waals surface area contributed by atoms with Gasteiger partial charge >= 0.3 is 0 Å². The van der Waals surface area contributed by atoms with E-state index in [-0.39, 0.29) is 11.8 Å². The Bertz CT molecular complexity index is 374. The summed E-state index contributed by atoms with van der Waals surface area (Å²) in [6, 6.07) is 0. The van der Waals surface area contributed by atoms with Crippen LogP contribution in [0.3, 0.4) is 0 Å². The normalized spacial score (nSPS) is 32.2. The number of aliphatic hydroxyl groups excluding tert-OH is 3. The van der Waals surface area contributed by atoms with Gasteiger partial charge in [0.2, 0.25) is 0 Å². The van der Waals surface area contributed by atoms with Crippen molar-refractivity contribution in [3.63, 3.8) is 0 Å². The van der Waals surface area contributed by atoms with Crippen molar-refractivity contribution in [2.45, 2.75) is 24.5 Å². The van der Waals surface area contributed by atoms with Gasteiger partial charge in [-0.15, -0.1) is 0 Å². The van der Waals surface area contributed by atoms with E-state index in [4.69, 9.17) is 20.5 Å². The fraction of sp³-hybridized carbons (Fsp3) is 0.667.